The number of nitrogens with zero attached hydrogens (tertiary/aromatic N) is 2. The van der Waals surface area contributed by atoms with Crippen molar-refractivity contribution in [2.24, 2.45) is 0 Å². The molecular weight excluding hydrogens is 426 g/mol. The standard InChI is InChI=1S/C19H27N5O6S/c1-4-24(22-13(2)25)11-17(26)15(10-14-8-6-5-7-9-14)20-18(27)16-12-30-19(21-16)23-31(3,28)29/h5-9,12,15,17,26H,4,10-11H2,1-3H3,(H,20,27)(H,21,23)(H,22,25)/t15-,17+/m0/s1. The molecule has 0 saturated carbocycles. The maximum Gasteiger partial charge on any atom is 0.309 e. The summed E-state index contributed by atoms with van der Waals surface area (Å²) in [4.78, 5) is 27.8. The number of nitrogens with one attached hydrogen (secondary N) is 3. The summed E-state index contributed by atoms with van der Waals surface area (Å²) < 4.78 is 29.6. The quantitative estimate of drug-likeness (QED) is 0.350. The first-order valence-corrected chi connectivity index (χ1v) is 11.4. The lowest BCUT2D eigenvalue weighted by Crippen LogP contribution is -2.53. The van der Waals surface area contributed by atoms with Crippen molar-refractivity contribution in [1.29, 1.82) is 0 Å². The number of hydrogen-bond acceptors (Lipinski definition) is 8. The maximum absolute atomic E-state index is 12.7. The smallest absolute Gasteiger partial charge is 0.309 e. The van der Waals surface area contributed by atoms with Gasteiger partial charge in [-0.25, -0.2) is 18.1 Å². The highest BCUT2D eigenvalue weighted by Crippen LogP contribution is 2.12. The van der Waals surface area contributed by atoms with Gasteiger partial charge < -0.3 is 14.8 Å². The molecule has 1 aromatic carbocycles. The van der Waals surface area contributed by atoms with Gasteiger partial charge in [-0.3, -0.25) is 15.0 Å². The Morgan fingerprint density at radius 1 is 1.26 bits per heavy atom. The van der Waals surface area contributed by atoms with Crippen LogP contribution >= 0.6 is 0 Å². The monoisotopic (exact) mass is 453 g/mol. The number of hydrogen-bond donors (Lipinski definition) is 4. The molecule has 0 radical (unpaired) electrons. The molecule has 0 unspecified atom stereocenters. The molecule has 2 rings (SSSR count). The molecule has 2 amide bonds. The third kappa shape index (κ3) is 8.36. The number of aliphatic hydroxyl groups excluding tert-OH is 1. The number of hydrazine groups is 1. The van der Waals surface area contributed by atoms with Crippen molar-refractivity contribution in [2.45, 2.75) is 32.4 Å². The van der Waals surface area contributed by atoms with Crippen molar-refractivity contribution in [3.05, 3.63) is 47.9 Å². The van der Waals surface area contributed by atoms with Crippen LogP contribution in [0.4, 0.5) is 6.01 Å². The minimum absolute atomic E-state index is 0.0769. The van der Waals surface area contributed by atoms with E-state index in [0.717, 1.165) is 18.1 Å². The van der Waals surface area contributed by atoms with E-state index in [4.69, 9.17) is 4.42 Å². The molecule has 0 spiro atoms. The lowest BCUT2D eigenvalue weighted by Gasteiger charge is -2.29. The van der Waals surface area contributed by atoms with Crippen molar-refractivity contribution in [2.75, 3.05) is 24.1 Å². The number of carbonyl (C=O) groups is 2. The SMILES string of the molecule is CCN(C[C@@H](O)[C@H](Cc1ccccc1)NC(=O)c1coc(NS(C)(=O)=O)n1)NC(C)=O. The molecule has 2 aromatic rings. The van der Waals surface area contributed by atoms with E-state index in [-0.39, 0.29) is 24.2 Å². The molecule has 12 heteroatoms. The normalized spacial score (nSPS) is 13.5. The molecule has 170 valence electrons. The highest BCUT2D eigenvalue weighted by Gasteiger charge is 2.26. The third-order valence-electron chi connectivity index (χ3n) is 4.19. The molecule has 31 heavy (non-hydrogen) atoms. The first-order valence-electron chi connectivity index (χ1n) is 9.55. The van der Waals surface area contributed by atoms with Crippen molar-refractivity contribution < 1.29 is 27.5 Å². The molecule has 11 nitrogen and oxygen atoms in total. The maximum atomic E-state index is 12.7. The number of carbonyl (C=O) groups excluding carboxylic acids is 2. The molecular formula is C19H27N5O6S. The lowest BCUT2D eigenvalue weighted by atomic mass is 10.0. The van der Waals surface area contributed by atoms with Crippen LogP contribution in [-0.4, -0.2) is 66.8 Å². The molecule has 4 N–H and O–H groups in total. The van der Waals surface area contributed by atoms with Crippen molar-refractivity contribution in [1.82, 2.24) is 20.7 Å². The fourth-order valence-corrected chi connectivity index (χ4v) is 3.22. The Balaban J connectivity index is 2.15. The zero-order valence-electron chi connectivity index (χ0n) is 17.5. The van der Waals surface area contributed by atoms with E-state index >= 15 is 0 Å². The summed E-state index contributed by atoms with van der Waals surface area (Å²) in [6.45, 7) is 3.71. The summed E-state index contributed by atoms with van der Waals surface area (Å²) in [6.07, 6.45) is 1.23. The summed E-state index contributed by atoms with van der Waals surface area (Å²) in [5.74, 6) is -0.918. The van der Waals surface area contributed by atoms with E-state index in [9.17, 15) is 23.1 Å². The molecule has 1 heterocycles. The van der Waals surface area contributed by atoms with Crippen LogP contribution in [0.5, 0.6) is 0 Å². The van der Waals surface area contributed by atoms with E-state index in [1.807, 2.05) is 42.0 Å². The zero-order chi connectivity index (χ0) is 23.0. The van der Waals surface area contributed by atoms with Crippen molar-refractivity contribution in [3.63, 3.8) is 0 Å². The highest BCUT2D eigenvalue weighted by atomic mass is 32.2. The number of amides is 2. The summed E-state index contributed by atoms with van der Waals surface area (Å²) in [7, 11) is -3.61. The van der Waals surface area contributed by atoms with Crippen LogP contribution in [0.2, 0.25) is 0 Å². The minimum atomic E-state index is -3.61. The molecule has 0 aliphatic carbocycles. The average Bonchev–Trinajstić information content (AvgIpc) is 3.14. The summed E-state index contributed by atoms with van der Waals surface area (Å²) in [5.41, 5.74) is 3.35. The summed E-state index contributed by atoms with van der Waals surface area (Å²) in [6, 6.07) is 8.21. The van der Waals surface area contributed by atoms with Crippen LogP contribution in [0.25, 0.3) is 0 Å². The van der Waals surface area contributed by atoms with Crippen molar-refractivity contribution >= 4 is 27.9 Å². The van der Waals surface area contributed by atoms with Crippen LogP contribution in [0.15, 0.2) is 41.0 Å². The van der Waals surface area contributed by atoms with Gasteiger partial charge in [0, 0.05) is 20.0 Å². The zero-order valence-corrected chi connectivity index (χ0v) is 18.3. The predicted octanol–water partition coefficient (Wildman–Crippen LogP) is 0.121. The average molecular weight is 454 g/mol. The number of aromatic nitrogens is 1. The number of anilines is 1. The van der Waals surface area contributed by atoms with E-state index in [1.165, 1.54) is 6.92 Å². The van der Waals surface area contributed by atoms with Crippen LogP contribution in [0, 0.1) is 0 Å². The van der Waals surface area contributed by atoms with Crippen LogP contribution in [0.1, 0.15) is 29.9 Å². The van der Waals surface area contributed by atoms with E-state index in [1.54, 1.807) is 5.01 Å². The molecule has 0 aliphatic rings. The second-order valence-electron chi connectivity index (χ2n) is 6.96. The molecule has 0 bridgehead atoms. The van der Waals surface area contributed by atoms with Crippen molar-refractivity contribution in [3.8, 4) is 0 Å². The Labute approximate surface area is 180 Å². The van der Waals surface area contributed by atoms with Gasteiger partial charge >= 0.3 is 6.01 Å². The molecule has 0 fully saturated rings. The van der Waals surface area contributed by atoms with E-state index < -0.39 is 28.1 Å². The fraction of sp³-hybridized carbons (Fsp3) is 0.421. The summed E-state index contributed by atoms with van der Waals surface area (Å²) in [5, 5.41) is 15.1. The number of likely N-dealkylation sites (N-methyl/N-ethyl adjacent to an activating group) is 1. The molecule has 0 saturated heterocycles. The molecule has 0 aliphatic heterocycles. The van der Waals surface area contributed by atoms with Gasteiger partial charge in [-0.2, -0.15) is 4.98 Å². The van der Waals surface area contributed by atoms with Gasteiger partial charge in [-0.15, -0.1) is 0 Å². The first-order chi connectivity index (χ1) is 14.6. The number of rotatable bonds is 11. The second-order valence-corrected chi connectivity index (χ2v) is 8.70. The van der Waals surface area contributed by atoms with Crippen LogP contribution in [0.3, 0.4) is 0 Å². The van der Waals surface area contributed by atoms with Gasteiger partial charge in [-0.05, 0) is 12.0 Å². The summed E-state index contributed by atoms with van der Waals surface area (Å²) >= 11 is 0. The lowest BCUT2D eigenvalue weighted by molar-refractivity contribution is -0.124. The van der Waals surface area contributed by atoms with Gasteiger partial charge in [0.15, 0.2) is 5.69 Å². The number of oxazole rings is 1. The fourth-order valence-electron chi connectivity index (χ4n) is 2.81. The minimum Gasteiger partial charge on any atom is -0.431 e. The van der Waals surface area contributed by atoms with Crippen LogP contribution in [-0.2, 0) is 21.2 Å². The largest absolute Gasteiger partial charge is 0.431 e. The number of sulfonamides is 1. The second kappa shape index (κ2) is 10.9. The van der Waals surface area contributed by atoms with E-state index in [2.05, 4.69) is 15.7 Å². The Bertz CT molecular complexity index is 979. The Morgan fingerprint density at radius 3 is 2.52 bits per heavy atom. The van der Waals surface area contributed by atoms with Gasteiger partial charge in [0.25, 0.3) is 5.91 Å². The van der Waals surface area contributed by atoms with Gasteiger partial charge in [0.05, 0.1) is 18.4 Å². The Hall–Kier alpha value is -2.96. The van der Waals surface area contributed by atoms with Gasteiger partial charge in [-0.1, -0.05) is 37.3 Å². The number of benzene rings is 1. The molecule has 2 atom stereocenters. The van der Waals surface area contributed by atoms with Gasteiger partial charge in [0.1, 0.15) is 6.26 Å². The van der Waals surface area contributed by atoms with Gasteiger partial charge in [0.2, 0.25) is 15.9 Å². The molecule has 1 aromatic heterocycles. The Kier molecular flexibility index (Phi) is 8.54. The topological polar surface area (TPSA) is 154 Å². The van der Waals surface area contributed by atoms with E-state index in [0.29, 0.717) is 13.0 Å². The predicted molar refractivity (Wildman–Crippen MR) is 113 cm³/mol. The number of aliphatic hydroxyl groups is 1. The van der Waals surface area contributed by atoms with Crippen LogP contribution < -0.4 is 15.5 Å². The highest BCUT2D eigenvalue weighted by molar-refractivity contribution is 7.91. The first kappa shape index (κ1) is 24.3. The Morgan fingerprint density at radius 2 is 1.94 bits per heavy atom. The third-order valence-corrected chi connectivity index (χ3v) is 4.74.